The molecule has 57 heteroatoms. The number of nitrogens with two attached hydrogens (primary N) is 5. The molecule has 0 radical (unpaired) electrons. The van der Waals surface area contributed by atoms with E-state index in [2.05, 4.69) is 69.7 Å². The number of carboxylic acids is 3. The Morgan fingerprint density at radius 1 is 0.555 bits per heavy atom. The van der Waals surface area contributed by atoms with E-state index < -0.39 is 176 Å². The lowest BCUT2D eigenvalue weighted by atomic mass is 9.89. The first-order chi connectivity index (χ1) is 64.9. The van der Waals surface area contributed by atoms with Crippen molar-refractivity contribution in [1.29, 1.82) is 10.8 Å². The van der Waals surface area contributed by atoms with E-state index in [-0.39, 0.29) is 149 Å². The van der Waals surface area contributed by atoms with E-state index in [1.165, 1.54) is 101 Å². The summed E-state index contributed by atoms with van der Waals surface area (Å²) in [7, 11) is -16.4. The van der Waals surface area contributed by atoms with Crippen LogP contribution < -0.4 is 66.7 Å². The zero-order valence-electron chi connectivity index (χ0n) is 71.1. The van der Waals surface area contributed by atoms with Gasteiger partial charge in [0.1, 0.15) is 97.6 Å². The molecule has 6 atom stereocenters. The van der Waals surface area contributed by atoms with Crippen molar-refractivity contribution in [2.45, 2.75) is 109 Å². The minimum atomic E-state index is -5.48. The Bertz CT molecular complexity index is 7360. The average molecular weight is 2040 g/mol. The van der Waals surface area contributed by atoms with Gasteiger partial charge in [0.05, 0.1) is 88.3 Å². The van der Waals surface area contributed by atoms with Gasteiger partial charge in [-0.2, -0.15) is 9.97 Å². The van der Waals surface area contributed by atoms with E-state index in [1.54, 1.807) is 0 Å². The largest absolute Gasteiger partial charge is 0.744 e. The Hall–Kier alpha value is -13.4. The molecule has 2 aliphatic carbocycles. The highest BCUT2D eigenvalue weighted by atomic mass is 33.1. The van der Waals surface area contributed by atoms with Crippen LogP contribution in [-0.4, -0.2) is 209 Å². The number of benzene rings is 6. The third kappa shape index (κ3) is 26.1. The fourth-order valence-corrected chi connectivity index (χ4v) is 20.7. The zero-order chi connectivity index (χ0) is 100. The van der Waals surface area contributed by atoms with Crippen LogP contribution in [0.1, 0.15) is 117 Å². The topological polar surface area (TPSA) is 836 Å². The second-order valence-electron chi connectivity index (χ2n) is 28.7. The van der Waals surface area contributed by atoms with Crippen molar-refractivity contribution in [3.8, 4) is 68.6 Å². The summed E-state index contributed by atoms with van der Waals surface area (Å²) in [5, 5.41) is 57.8. The van der Waals surface area contributed by atoms with Crippen LogP contribution in [0.2, 0.25) is 0 Å². The van der Waals surface area contributed by atoms with Gasteiger partial charge < -0.3 is 106 Å². The number of carboxylic acid groups (broad SMARTS) is 3. The molecule has 49 nitrogen and oxygen atoms in total. The lowest BCUT2D eigenvalue weighted by molar-refractivity contribution is -0.136. The van der Waals surface area contributed by atoms with E-state index in [0.717, 1.165) is 48.5 Å². The quantitative estimate of drug-likeness (QED) is 0.00258. The fourth-order valence-electron chi connectivity index (χ4n) is 14.1. The minimum Gasteiger partial charge on any atom is -0.744 e. The molecule has 6 aromatic rings. The lowest BCUT2D eigenvalue weighted by Crippen LogP contribution is -2.28. The first-order valence-corrected chi connectivity index (χ1v) is 50.3. The maximum Gasteiger partial charge on any atom is 0.351 e. The number of rotatable bonds is 35. The van der Waals surface area contributed by atoms with Crippen molar-refractivity contribution in [3.05, 3.63) is 183 Å². The van der Waals surface area contributed by atoms with Crippen LogP contribution in [0.25, 0.3) is 87.7 Å². The third-order valence-corrected chi connectivity index (χ3v) is 28.4. The number of azide groups is 2. The highest BCUT2D eigenvalue weighted by Gasteiger charge is 2.39. The van der Waals surface area contributed by atoms with Gasteiger partial charge in [0.15, 0.2) is 22.7 Å². The molecule has 3 amide bonds. The monoisotopic (exact) mass is 2040 g/mol. The number of nitrogens with zero attached hydrogens (tertiary/aromatic N) is 10. The SMILES string of the molecule is CCC1OC(n2cc(C#CCN)c(N)nc2=O)CC1OCN=[N+]=[N-].CCC1OC(n2cc(C#CCNC(=O)CCSSCCNC(=O)c3ccc(-c4c5ccc(=N)c(S(=O)(=O)[O-])c-5oc5c(S(=O)(=O)[O-])c(N)ccc45)c(C(=O)O)c3)c(N)nc2=O)CC1OCN=[N+]=[N-].N=c1ccc2c(-c3ccc(C(=O)NCCSSCCC(=O)O)cc3C(=O)O)c3ccc(N)c(S(=O)(=O)[O-])c3oc-2c1S(=O)(=O)[O-]. The maximum atomic E-state index is 13.2. The minimum absolute atomic E-state index is 0.0197. The second kappa shape index (κ2) is 46.4. The lowest BCUT2D eigenvalue weighted by Gasteiger charge is -2.22. The average Bonchev–Trinajstić information content (AvgIpc) is 1.01. The Balaban J connectivity index is 0.000000239. The molecule has 6 aliphatic rings. The van der Waals surface area contributed by atoms with E-state index in [1.807, 2.05) is 13.8 Å². The van der Waals surface area contributed by atoms with E-state index in [9.17, 15) is 100 Å². The molecule has 12 rings (SSSR count). The van der Waals surface area contributed by atoms with Gasteiger partial charge in [0.2, 0.25) is 5.91 Å². The van der Waals surface area contributed by atoms with Crippen LogP contribution in [0.15, 0.2) is 146 Å². The number of aliphatic carboxylic acids is 1. The fraction of sp³-hybridized carbons (Fsp3) is 0.300. The Morgan fingerprint density at radius 3 is 1.31 bits per heavy atom. The molecular weight excluding hydrogens is 1960 g/mol. The predicted octanol–water partition coefficient (Wildman–Crippen LogP) is 5.78. The van der Waals surface area contributed by atoms with E-state index in [0.29, 0.717) is 54.3 Å². The first-order valence-electron chi connectivity index (χ1n) is 39.7. The van der Waals surface area contributed by atoms with Crippen LogP contribution in [0.3, 0.4) is 0 Å². The highest BCUT2D eigenvalue weighted by molar-refractivity contribution is 8.77. The van der Waals surface area contributed by atoms with Crippen LogP contribution in [-0.2, 0) is 69.0 Å². The molecular formula is C80H78N20O29S8-4. The number of anilines is 4. The number of nitrogens with one attached hydrogen (secondary N) is 5. The molecule has 0 bridgehead atoms. The summed E-state index contributed by atoms with van der Waals surface area (Å²) >= 11 is 0. The molecule has 6 unspecified atom stereocenters. The number of aromatic carboxylic acids is 2. The van der Waals surface area contributed by atoms with E-state index >= 15 is 0 Å². The van der Waals surface area contributed by atoms with Crippen LogP contribution in [0, 0.1) is 34.5 Å². The van der Waals surface area contributed by atoms with Gasteiger partial charge in [-0.25, -0.2) is 52.8 Å². The molecule has 6 heterocycles. The summed E-state index contributed by atoms with van der Waals surface area (Å²) in [6.45, 7) is 3.98. The summed E-state index contributed by atoms with van der Waals surface area (Å²) in [6.07, 6.45) is 2.49. The van der Waals surface area contributed by atoms with Crippen molar-refractivity contribution < 1.29 is 124 Å². The standard InChI is InChI=1S/C40H40N10O14S4.C26H23N3O12S4.C14H19N7O3/c1-2-28-29(62-19-47-49-44)17-31(63-28)50-18-21(37(43)48-40(50)55)4-3-12-45-30(51)11-14-65-66-15-13-46-38(52)20-5-6-22(25(16-20)39(53)54)32-23-7-9-26(41)35(67(56,57)58)33(23)64-34-24(32)8-10-27(42)36(34)68(59,60)61;27-17-5-3-14-20(15-4-6-18(28)24(45(38,39)40)22(15)41-21(14)23(17)44(35,36)37)13-2-1-12(11-16(13)26(33)34)25(32)29-8-10-43-42-9-7-19(30)31;1-2-10-11(23-8-18-20-17)6-12(24-10)21-7-9(4-3-5-15)13(16)19-14(21)22/h5-10,16,18,28-29,31,41H,2,11-15,17,19,42H2,1H3,(H,45,51)(H,46,52)(H,53,54)(H2,43,48,55)(H,56,57,58)(H,59,60,61);1-6,11,27H,7-10,28H2,(H,29,32)(H,30,31)(H,33,34)(H,35,36,37)(H,38,39,40);7,10-12H,2,5-6,8,15H2,1H3,(H2,16,19,22)/p-4. The van der Waals surface area contributed by atoms with Gasteiger partial charge in [-0.15, -0.1) is 0 Å². The van der Waals surface area contributed by atoms with Crippen molar-refractivity contribution >= 4 is 164 Å². The smallest absolute Gasteiger partial charge is 0.351 e. The van der Waals surface area contributed by atoms with Crippen LogP contribution in [0.5, 0.6) is 0 Å². The first kappa shape index (κ1) is 106. The zero-order valence-corrected chi connectivity index (χ0v) is 77.6. The molecule has 2 fully saturated rings. The summed E-state index contributed by atoms with van der Waals surface area (Å²) in [4.78, 5) is 107. The van der Waals surface area contributed by atoms with Crippen molar-refractivity contribution in [2.24, 2.45) is 16.0 Å². The number of fused-ring (bicyclic) bond motifs is 4. The molecule has 724 valence electrons. The van der Waals surface area contributed by atoms with Gasteiger partial charge in [0, 0.05) is 122 Å². The molecule has 4 aromatic carbocycles. The Morgan fingerprint density at radius 2 is 0.942 bits per heavy atom. The van der Waals surface area contributed by atoms with Crippen LogP contribution >= 0.6 is 43.2 Å². The van der Waals surface area contributed by atoms with Gasteiger partial charge in [-0.3, -0.25) is 39.1 Å². The number of carbonyl (C=O) groups is 6. The third-order valence-electron chi connectivity index (χ3n) is 20.0. The number of carbonyl (C=O) groups excluding carboxylic acids is 3. The van der Waals surface area contributed by atoms with Gasteiger partial charge in [-0.1, -0.05) is 103 Å². The molecule has 0 saturated carbocycles. The second-order valence-corrected chi connectivity index (χ2v) is 39.3. The molecule has 137 heavy (non-hydrogen) atoms. The van der Waals surface area contributed by atoms with Crippen molar-refractivity contribution in [1.82, 2.24) is 35.1 Å². The predicted molar refractivity (Wildman–Crippen MR) is 491 cm³/mol. The van der Waals surface area contributed by atoms with Crippen LogP contribution in [0.4, 0.5) is 23.0 Å². The maximum absolute atomic E-state index is 13.2. The highest BCUT2D eigenvalue weighted by Crippen LogP contribution is 2.49. The molecule has 18 N–H and O–H groups in total. The summed E-state index contributed by atoms with van der Waals surface area (Å²) in [5.74, 6) is 5.23. The number of aromatic nitrogens is 4. The number of hydrogen-bond donors (Lipinski definition) is 13. The summed E-state index contributed by atoms with van der Waals surface area (Å²) in [5.41, 5.74) is 39.7. The summed E-state index contributed by atoms with van der Waals surface area (Å²) in [6, 6.07) is 15.6. The normalized spacial score (nSPS) is 15.8. The number of nitrogen functional groups attached to an aromatic ring is 4. The van der Waals surface area contributed by atoms with E-state index in [4.69, 9.17) is 83.4 Å². The van der Waals surface area contributed by atoms with Crippen molar-refractivity contribution in [3.63, 3.8) is 0 Å². The van der Waals surface area contributed by atoms with Gasteiger partial charge in [-0.05, 0) is 108 Å². The summed E-state index contributed by atoms with van der Waals surface area (Å²) < 4.78 is 184. The molecule has 0 spiro atoms. The van der Waals surface area contributed by atoms with Gasteiger partial charge >= 0.3 is 29.3 Å². The number of ether oxygens (including phenoxy) is 4. The van der Waals surface area contributed by atoms with Crippen molar-refractivity contribution in [2.75, 3.05) is 85.6 Å². The Labute approximate surface area is 790 Å². The molecule has 2 saturated heterocycles. The molecule has 2 aromatic heterocycles. The van der Waals surface area contributed by atoms with Gasteiger partial charge in [0.25, 0.3) is 11.8 Å². The molecule has 4 aliphatic heterocycles. The number of amides is 3. The Kier molecular flexibility index (Phi) is 35.8. The number of hydrogen-bond acceptors (Lipinski definition) is 41.